The first-order valence-electron chi connectivity index (χ1n) is 12.9. The molecule has 0 bridgehead atoms. The van der Waals surface area contributed by atoms with Crippen LogP contribution < -0.4 is 33.2 Å². The van der Waals surface area contributed by atoms with Crippen molar-refractivity contribution in [1.29, 1.82) is 0 Å². The Bertz CT molecular complexity index is 970. The summed E-state index contributed by atoms with van der Waals surface area (Å²) in [6.07, 6.45) is 2.41. The fourth-order valence-electron chi connectivity index (χ4n) is 4.61. The second-order valence-corrected chi connectivity index (χ2v) is 9.49. The second-order valence-electron chi connectivity index (χ2n) is 9.49. The molecule has 0 aromatic carbocycles. The van der Waals surface area contributed by atoms with Gasteiger partial charge < -0.3 is 48.1 Å². The number of amides is 5. The van der Waals surface area contributed by atoms with Crippen LogP contribution in [0.3, 0.4) is 0 Å². The normalized spacial score (nSPS) is 20.1. The van der Waals surface area contributed by atoms with E-state index in [9.17, 15) is 33.9 Å². The summed E-state index contributed by atoms with van der Waals surface area (Å²) in [4.78, 5) is 80.7. The van der Waals surface area contributed by atoms with Gasteiger partial charge in [-0.1, -0.05) is 0 Å². The van der Waals surface area contributed by atoms with E-state index in [0.29, 0.717) is 38.6 Å². The van der Waals surface area contributed by atoms with Gasteiger partial charge in [-0.2, -0.15) is 0 Å². The quantitative estimate of drug-likeness (QED) is 0.0664. The number of carbonyl (C=O) groups is 6. The second kappa shape index (κ2) is 14.8. The number of nitrogens with zero attached hydrogens (tertiary/aromatic N) is 3. The van der Waals surface area contributed by atoms with Crippen molar-refractivity contribution in [2.75, 3.05) is 32.7 Å². The number of rotatable bonds is 13. The number of aliphatic carboxylic acids is 1. The number of hydrogen-bond donors (Lipinski definition) is 7. The summed E-state index contributed by atoms with van der Waals surface area (Å²) in [5.41, 5.74) is 15.9. The van der Waals surface area contributed by atoms with Crippen molar-refractivity contribution < 1.29 is 33.9 Å². The average molecular weight is 554 g/mol. The number of likely N-dealkylation sites (tertiary alicyclic amines) is 2. The Kier molecular flexibility index (Phi) is 11.9. The van der Waals surface area contributed by atoms with E-state index in [1.54, 1.807) is 0 Å². The molecule has 4 atom stereocenters. The van der Waals surface area contributed by atoms with Gasteiger partial charge in [0.25, 0.3) is 0 Å². The predicted molar refractivity (Wildman–Crippen MR) is 139 cm³/mol. The Hall–Kier alpha value is -3.95. The molecule has 0 aromatic rings. The zero-order valence-corrected chi connectivity index (χ0v) is 22.1. The smallest absolute Gasteiger partial charge is 0.326 e. The van der Waals surface area contributed by atoms with Crippen molar-refractivity contribution in [3.8, 4) is 0 Å². The van der Waals surface area contributed by atoms with Crippen LogP contribution in [0.5, 0.6) is 0 Å². The molecule has 0 spiro atoms. The van der Waals surface area contributed by atoms with Crippen LogP contribution in [0.4, 0.5) is 0 Å². The third-order valence-corrected chi connectivity index (χ3v) is 6.65. The third kappa shape index (κ3) is 9.08. The molecule has 39 heavy (non-hydrogen) atoms. The number of aliphatic imine (C=N–C) groups is 1. The molecule has 2 rings (SSSR count). The summed E-state index contributed by atoms with van der Waals surface area (Å²) in [6.45, 7) is 1.72. The molecule has 218 valence electrons. The average Bonchev–Trinajstić information content (AvgIpc) is 3.58. The van der Waals surface area contributed by atoms with Gasteiger partial charge in [-0.15, -0.1) is 0 Å². The molecule has 2 aliphatic heterocycles. The predicted octanol–water partition coefficient (Wildman–Crippen LogP) is -3.83. The molecule has 0 saturated carbocycles. The van der Waals surface area contributed by atoms with E-state index < -0.39 is 60.3 Å². The third-order valence-electron chi connectivity index (χ3n) is 6.65. The highest BCUT2D eigenvalue weighted by Crippen LogP contribution is 2.19. The van der Waals surface area contributed by atoms with E-state index in [0.717, 1.165) is 0 Å². The maximum absolute atomic E-state index is 12.8. The fourth-order valence-corrected chi connectivity index (χ4v) is 4.61. The van der Waals surface area contributed by atoms with Crippen molar-refractivity contribution in [3.05, 3.63) is 0 Å². The van der Waals surface area contributed by atoms with Gasteiger partial charge in [-0.05, 0) is 45.4 Å². The molecule has 10 N–H and O–H groups in total. The first kappa shape index (κ1) is 31.3. The maximum atomic E-state index is 12.8. The van der Waals surface area contributed by atoms with Crippen molar-refractivity contribution in [3.63, 3.8) is 0 Å². The number of nitrogens with one attached hydrogen (secondary N) is 3. The zero-order chi connectivity index (χ0) is 29.1. The lowest BCUT2D eigenvalue weighted by Gasteiger charge is -2.26. The van der Waals surface area contributed by atoms with Gasteiger partial charge >= 0.3 is 5.97 Å². The van der Waals surface area contributed by atoms with Gasteiger partial charge in [0.15, 0.2) is 5.96 Å². The number of hydrogen-bond acceptors (Lipinski definition) is 8. The van der Waals surface area contributed by atoms with Gasteiger partial charge in [0.1, 0.15) is 24.2 Å². The molecule has 0 radical (unpaired) electrons. The molecule has 0 unspecified atom stereocenters. The molecule has 0 aliphatic carbocycles. The van der Waals surface area contributed by atoms with Crippen molar-refractivity contribution >= 4 is 41.5 Å². The Morgan fingerprint density at radius 2 is 1.51 bits per heavy atom. The summed E-state index contributed by atoms with van der Waals surface area (Å²) in [7, 11) is 0. The molecule has 2 aliphatic rings. The van der Waals surface area contributed by atoms with Crippen molar-refractivity contribution in [2.45, 2.75) is 69.6 Å². The van der Waals surface area contributed by atoms with Crippen LogP contribution in [0.25, 0.3) is 0 Å². The fraction of sp³-hybridized carbons (Fsp3) is 0.696. The Morgan fingerprint density at radius 3 is 2.05 bits per heavy atom. The van der Waals surface area contributed by atoms with Crippen LogP contribution in [0.2, 0.25) is 0 Å². The van der Waals surface area contributed by atoms with Crippen LogP contribution in [0.15, 0.2) is 4.99 Å². The highest BCUT2D eigenvalue weighted by molar-refractivity contribution is 5.95. The topological polar surface area (TPSA) is 256 Å². The minimum Gasteiger partial charge on any atom is -0.480 e. The van der Waals surface area contributed by atoms with Crippen LogP contribution in [0.1, 0.15) is 45.4 Å². The SMILES string of the molecule is C[C@H](NC(=O)[C@@H]1CCCN1C(=O)CN)C(=O)NCC(=O)N1CCC[C@H]1C(=O)N[C@@H](CCCN=C(N)N)C(=O)O. The summed E-state index contributed by atoms with van der Waals surface area (Å²) < 4.78 is 0. The summed E-state index contributed by atoms with van der Waals surface area (Å²) >= 11 is 0. The van der Waals surface area contributed by atoms with Gasteiger partial charge in [0.2, 0.25) is 29.5 Å². The van der Waals surface area contributed by atoms with Gasteiger partial charge in [-0.25, -0.2) is 4.79 Å². The van der Waals surface area contributed by atoms with E-state index in [4.69, 9.17) is 17.2 Å². The largest absolute Gasteiger partial charge is 0.480 e. The number of carbonyl (C=O) groups excluding carboxylic acids is 5. The maximum Gasteiger partial charge on any atom is 0.326 e. The van der Waals surface area contributed by atoms with Gasteiger partial charge in [0, 0.05) is 19.6 Å². The first-order chi connectivity index (χ1) is 18.5. The zero-order valence-electron chi connectivity index (χ0n) is 22.1. The lowest BCUT2D eigenvalue weighted by atomic mass is 10.1. The molecular formula is C23H39N9O7. The Morgan fingerprint density at radius 1 is 0.949 bits per heavy atom. The molecule has 5 amide bonds. The number of carboxylic acids is 1. The molecule has 16 nitrogen and oxygen atoms in total. The van der Waals surface area contributed by atoms with E-state index in [1.807, 2.05) is 0 Å². The highest BCUT2D eigenvalue weighted by Gasteiger charge is 2.37. The Labute approximate surface area is 226 Å². The molecular weight excluding hydrogens is 514 g/mol. The van der Waals surface area contributed by atoms with Crippen LogP contribution in [-0.2, 0) is 28.8 Å². The molecule has 16 heteroatoms. The highest BCUT2D eigenvalue weighted by atomic mass is 16.4. The monoisotopic (exact) mass is 553 g/mol. The summed E-state index contributed by atoms with van der Waals surface area (Å²) in [5, 5.41) is 16.9. The number of carboxylic acid groups (broad SMARTS) is 1. The van der Waals surface area contributed by atoms with E-state index in [2.05, 4.69) is 20.9 Å². The van der Waals surface area contributed by atoms with E-state index >= 15 is 0 Å². The lowest BCUT2D eigenvalue weighted by Crippen LogP contribution is -2.55. The van der Waals surface area contributed by atoms with E-state index in [-0.39, 0.29) is 37.9 Å². The molecule has 2 fully saturated rings. The summed E-state index contributed by atoms with van der Waals surface area (Å²) in [5.74, 6) is -3.90. The Balaban J connectivity index is 1.85. The van der Waals surface area contributed by atoms with Crippen LogP contribution >= 0.6 is 0 Å². The standard InChI is InChI=1S/C23H39N9O7/c1-13(29-20(36)15-6-3-9-31(15)17(33)11-24)19(35)28-12-18(34)32-10-4-7-16(32)21(37)30-14(22(38)39)5-2-8-27-23(25)26/h13-16H,2-12,24H2,1H3,(H,28,35)(H,29,36)(H,30,37)(H,38,39)(H4,25,26,27)/t13-,14-,15-,16-/m0/s1. The van der Waals surface area contributed by atoms with Gasteiger partial charge in [0.05, 0.1) is 13.1 Å². The van der Waals surface area contributed by atoms with Crippen molar-refractivity contribution in [2.24, 2.45) is 22.2 Å². The first-order valence-corrected chi connectivity index (χ1v) is 12.9. The van der Waals surface area contributed by atoms with Gasteiger partial charge in [-0.3, -0.25) is 29.0 Å². The lowest BCUT2D eigenvalue weighted by molar-refractivity contribution is -0.144. The van der Waals surface area contributed by atoms with Crippen LogP contribution in [-0.4, -0.2) is 113 Å². The van der Waals surface area contributed by atoms with E-state index in [1.165, 1.54) is 16.7 Å². The number of guanidine groups is 1. The van der Waals surface area contributed by atoms with Crippen LogP contribution in [0, 0.1) is 0 Å². The molecule has 0 aromatic heterocycles. The van der Waals surface area contributed by atoms with Crippen molar-refractivity contribution in [1.82, 2.24) is 25.8 Å². The molecule has 2 saturated heterocycles. The molecule has 2 heterocycles. The number of nitrogens with two attached hydrogens (primary N) is 3. The summed E-state index contributed by atoms with van der Waals surface area (Å²) in [6, 6.07) is -3.74. The minimum absolute atomic E-state index is 0.0944. The minimum atomic E-state index is -1.22.